The molecule has 0 N–H and O–H groups in total. The summed E-state index contributed by atoms with van der Waals surface area (Å²) in [6, 6.07) is 8.41. The van der Waals surface area contributed by atoms with Crippen LogP contribution in [0.15, 0.2) is 35.3 Å². The molecule has 1 aromatic heterocycles. The predicted molar refractivity (Wildman–Crippen MR) is 116 cm³/mol. The van der Waals surface area contributed by atoms with E-state index in [-0.39, 0.29) is 0 Å². The van der Waals surface area contributed by atoms with E-state index >= 15 is 0 Å². The van der Waals surface area contributed by atoms with Crippen LogP contribution in [-0.4, -0.2) is 37.9 Å². The van der Waals surface area contributed by atoms with Crippen LogP contribution in [0.3, 0.4) is 0 Å². The standard InChI is InChI=1S/C20H20Cl2N2O4S/c1-4-28-8-7-24-18-14(22)10-13(21)11-17(18)29-20(24)23-19(25)12-5-6-15(26-2)16(9-12)27-3/h5-6,9-11H,4,7-8H2,1-3H3. The second-order valence-corrected chi connectivity index (χ2v) is 7.81. The number of hydrogen-bond donors (Lipinski definition) is 0. The van der Waals surface area contributed by atoms with E-state index in [9.17, 15) is 4.79 Å². The van der Waals surface area contributed by atoms with E-state index in [0.29, 0.717) is 51.7 Å². The first-order valence-electron chi connectivity index (χ1n) is 8.85. The zero-order valence-corrected chi connectivity index (χ0v) is 18.5. The summed E-state index contributed by atoms with van der Waals surface area (Å²) in [5, 5.41) is 1.03. The molecule has 29 heavy (non-hydrogen) atoms. The molecule has 3 rings (SSSR count). The second-order valence-electron chi connectivity index (χ2n) is 5.95. The van der Waals surface area contributed by atoms with E-state index in [1.54, 1.807) is 24.3 Å². The molecule has 0 unspecified atom stereocenters. The maximum Gasteiger partial charge on any atom is 0.279 e. The molecule has 0 fully saturated rings. The molecular weight excluding hydrogens is 435 g/mol. The lowest BCUT2D eigenvalue weighted by Crippen LogP contribution is -2.20. The van der Waals surface area contributed by atoms with Gasteiger partial charge in [0.05, 0.1) is 36.1 Å². The van der Waals surface area contributed by atoms with Crippen molar-refractivity contribution >= 4 is 50.7 Å². The summed E-state index contributed by atoms with van der Waals surface area (Å²) in [4.78, 5) is 17.7. The average molecular weight is 455 g/mol. The normalized spacial score (nSPS) is 11.8. The Kier molecular flexibility index (Phi) is 7.18. The lowest BCUT2D eigenvalue weighted by Gasteiger charge is -2.08. The fourth-order valence-corrected chi connectivity index (χ4v) is 4.68. The van der Waals surface area contributed by atoms with Crippen molar-refractivity contribution in [3.63, 3.8) is 0 Å². The van der Waals surface area contributed by atoms with E-state index in [2.05, 4.69) is 4.99 Å². The van der Waals surface area contributed by atoms with Gasteiger partial charge in [-0.3, -0.25) is 4.79 Å². The molecule has 0 radical (unpaired) electrons. The number of benzene rings is 2. The Morgan fingerprint density at radius 1 is 1.14 bits per heavy atom. The van der Waals surface area contributed by atoms with Gasteiger partial charge in [-0.1, -0.05) is 34.5 Å². The van der Waals surface area contributed by atoms with E-state index in [0.717, 1.165) is 10.2 Å². The van der Waals surface area contributed by atoms with Gasteiger partial charge in [-0.25, -0.2) is 0 Å². The molecule has 0 spiro atoms. The monoisotopic (exact) mass is 454 g/mol. The maximum absolute atomic E-state index is 12.8. The number of halogens is 2. The number of nitrogens with zero attached hydrogens (tertiary/aromatic N) is 2. The minimum atomic E-state index is -0.398. The molecule has 0 atom stereocenters. The summed E-state index contributed by atoms with van der Waals surface area (Å²) in [6.45, 7) is 3.50. The van der Waals surface area contributed by atoms with Crippen molar-refractivity contribution in [3.8, 4) is 11.5 Å². The molecule has 9 heteroatoms. The van der Waals surface area contributed by atoms with Gasteiger partial charge in [-0.05, 0) is 37.3 Å². The number of aromatic nitrogens is 1. The Morgan fingerprint density at radius 3 is 2.59 bits per heavy atom. The maximum atomic E-state index is 12.8. The van der Waals surface area contributed by atoms with Crippen molar-refractivity contribution in [2.24, 2.45) is 4.99 Å². The minimum Gasteiger partial charge on any atom is -0.493 e. The van der Waals surface area contributed by atoms with Gasteiger partial charge < -0.3 is 18.8 Å². The highest BCUT2D eigenvalue weighted by molar-refractivity contribution is 7.16. The molecular formula is C20H20Cl2N2O4S. The topological polar surface area (TPSA) is 62.1 Å². The van der Waals surface area contributed by atoms with Gasteiger partial charge in [0.15, 0.2) is 16.3 Å². The molecule has 0 aliphatic carbocycles. The number of hydrogen-bond acceptors (Lipinski definition) is 5. The second kappa shape index (κ2) is 9.63. The summed E-state index contributed by atoms with van der Waals surface area (Å²) in [5.74, 6) is 0.605. The minimum absolute atomic E-state index is 0.389. The number of carbonyl (C=O) groups excluding carboxylic acids is 1. The molecule has 1 heterocycles. The first-order valence-corrected chi connectivity index (χ1v) is 10.4. The Bertz CT molecular complexity index is 1110. The van der Waals surface area contributed by atoms with Gasteiger partial charge in [-0.2, -0.15) is 4.99 Å². The number of carbonyl (C=O) groups is 1. The molecule has 0 saturated heterocycles. The van der Waals surface area contributed by atoms with Crippen molar-refractivity contribution < 1.29 is 19.0 Å². The fraction of sp³-hybridized carbons (Fsp3) is 0.300. The molecule has 154 valence electrons. The largest absolute Gasteiger partial charge is 0.493 e. The third kappa shape index (κ3) is 4.75. The molecule has 6 nitrogen and oxygen atoms in total. The predicted octanol–water partition coefficient (Wildman–Crippen LogP) is 4.80. The number of methoxy groups -OCH3 is 2. The molecule has 0 saturated carbocycles. The molecule has 2 aromatic carbocycles. The summed E-state index contributed by atoms with van der Waals surface area (Å²) < 4.78 is 18.7. The van der Waals surface area contributed by atoms with Crippen LogP contribution in [0.2, 0.25) is 10.0 Å². The van der Waals surface area contributed by atoms with Crippen molar-refractivity contribution in [3.05, 3.63) is 50.7 Å². The summed E-state index contributed by atoms with van der Waals surface area (Å²) in [6.07, 6.45) is 0. The van der Waals surface area contributed by atoms with Crippen LogP contribution in [0.25, 0.3) is 10.2 Å². The number of rotatable bonds is 7. The van der Waals surface area contributed by atoms with E-state index in [4.69, 9.17) is 37.4 Å². The Morgan fingerprint density at radius 2 is 1.90 bits per heavy atom. The lowest BCUT2D eigenvalue weighted by atomic mass is 10.2. The van der Waals surface area contributed by atoms with Crippen LogP contribution in [0, 0.1) is 0 Å². The third-order valence-electron chi connectivity index (χ3n) is 4.19. The first-order chi connectivity index (χ1) is 14.0. The van der Waals surface area contributed by atoms with Crippen LogP contribution in [-0.2, 0) is 11.3 Å². The zero-order chi connectivity index (χ0) is 21.0. The van der Waals surface area contributed by atoms with Crippen molar-refractivity contribution in [2.75, 3.05) is 27.4 Å². The number of ether oxygens (including phenoxy) is 3. The van der Waals surface area contributed by atoms with Crippen LogP contribution in [0.4, 0.5) is 0 Å². The molecule has 1 amide bonds. The summed E-state index contributed by atoms with van der Waals surface area (Å²) in [5.41, 5.74) is 1.17. The molecule has 0 bridgehead atoms. The molecule has 0 aliphatic rings. The van der Waals surface area contributed by atoms with Gasteiger partial charge in [-0.15, -0.1) is 0 Å². The van der Waals surface area contributed by atoms with Crippen molar-refractivity contribution in [2.45, 2.75) is 13.5 Å². The van der Waals surface area contributed by atoms with Gasteiger partial charge >= 0.3 is 0 Å². The van der Waals surface area contributed by atoms with Gasteiger partial charge in [0.25, 0.3) is 5.91 Å². The summed E-state index contributed by atoms with van der Waals surface area (Å²) in [7, 11) is 3.06. The smallest absolute Gasteiger partial charge is 0.279 e. The first kappa shape index (κ1) is 21.6. The fourth-order valence-electron chi connectivity index (χ4n) is 2.84. The summed E-state index contributed by atoms with van der Waals surface area (Å²) >= 11 is 13.9. The highest BCUT2D eigenvalue weighted by atomic mass is 35.5. The Balaban J connectivity index is 2.09. The van der Waals surface area contributed by atoms with Gasteiger partial charge in [0, 0.05) is 23.7 Å². The Hall–Kier alpha value is -2.06. The Labute approximate surface area is 182 Å². The van der Waals surface area contributed by atoms with E-state index in [1.807, 2.05) is 17.6 Å². The molecule has 0 aliphatic heterocycles. The van der Waals surface area contributed by atoms with Crippen LogP contribution >= 0.6 is 34.5 Å². The van der Waals surface area contributed by atoms with Crippen LogP contribution < -0.4 is 14.3 Å². The average Bonchev–Trinajstić information content (AvgIpc) is 3.04. The number of amides is 1. The van der Waals surface area contributed by atoms with E-state index in [1.165, 1.54) is 25.6 Å². The highest BCUT2D eigenvalue weighted by Crippen LogP contribution is 2.30. The van der Waals surface area contributed by atoms with E-state index < -0.39 is 5.91 Å². The number of fused-ring (bicyclic) bond motifs is 1. The third-order valence-corrected chi connectivity index (χ3v) is 5.72. The quantitative estimate of drug-likeness (QED) is 0.480. The molecule has 3 aromatic rings. The van der Waals surface area contributed by atoms with Gasteiger partial charge in [0.2, 0.25) is 0 Å². The number of thiazole rings is 1. The van der Waals surface area contributed by atoms with Crippen molar-refractivity contribution in [1.82, 2.24) is 4.57 Å². The van der Waals surface area contributed by atoms with Gasteiger partial charge in [0.1, 0.15) is 0 Å². The van der Waals surface area contributed by atoms with Crippen molar-refractivity contribution in [1.29, 1.82) is 0 Å². The SMILES string of the molecule is CCOCCn1c(=NC(=O)c2ccc(OC)c(OC)c2)sc2cc(Cl)cc(Cl)c21. The zero-order valence-electron chi connectivity index (χ0n) is 16.2. The van der Waals surface area contributed by atoms with Crippen LogP contribution in [0.5, 0.6) is 11.5 Å². The van der Waals surface area contributed by atoms with Crippen LogP contribution in [0.1, 0.15) is 17.3 Å². The highest BCUT2D eigenvalue weighted by Gasteiger charge is 2.14. The lowest BCUT2D eigenvalue weighted by molar-refractivity contribution is 0.0996.